The molecule has 0 radical (unpaired) electrons. The van der Waals surface area contributed by atoms with E-state index < -0.39 is 5.60 Å². The summed E-state index contributed by atoms with van der Waals surface area (Å²) in [6.07, 6.45) is 4.44. The van der Waals surface area contributed by atoms with E-state index in [9.17, 15) is 9.59 Å². The van der Waals surface area contributed by atoms with Gasteiger partial charge in [0.25, 0.3) is 5.91 Å². The summed E-state index contributed by atoms with van der Waals surface area (Å²) in [5.74, 6) is 0.692. The Morgan fingerprint density at radius 1 is 0.971 bits per heavy atom. The first-order chi connectivity index (χ1) is 16.2. The van der Waals surface area contributed by atoms with Crippen molar-refractivity contribution in [2.24, 2.45) is 0 Å². The number of hydrogen-bond donors (Lipinski definition) is 3. The molecule has 0 saturated carbocycles. The molecule has 0 aliphatic heterocycles. The number of unbranched alkanes of at least 4 members (excludes halogenated alkanes) is 4. The van der Waals surface area contributed by atoms with Gasteiger partial charge in [0.05, 0.1) is 12.7 Å². The van der Waals surface area contributed by atoms with E-state index in [0.717, 1.165) is 32.1 Å². The number of nitrogens with one attached hydrogen (secondary N) is 3. The first-order valence-corrected chi connectivity index (χ1v) is 11.6. The minimum Gasteiger partial charge on any atom is -0.480 e. The number of nitrogens with zero attached hydrogens (tertiary/aromatic N) is 3. The van der Waals surface area contributed by atoms with E-state index in [0.29, 0.717) is 41.3 Å². The molecule has 2 rings (SSSR count). The maximum Gasteiger partial charge on any atom is 0.407 e. The van der Waals surface area contributed by atoms with Gasteiger partial charge in [-0.15, -0.1) is 10.2 Å². The van der Waals surface area contributed by atoms with Crippen LogP contribution in [-0.4, -0.2) is 53.0 Å². The van der Waals surface area contributed by atoms with E-state index in [1.54, 1.807) is 24.3 Å². The monoisotopic (exact) mass is 492 g/mol. The van der Waals surface area contributed by atoms with E-state index in [1.807, 2.05) is 20.8 Å². The van der Waals surface area contributed by atoms with Crippen LogP contribution in [0.15, 0.2) is 24.3 Å². The van der Waals surface area contributed by atoms with Crippen LogP contribution in [0.3, 0.4) is 0 Å². The number of pyridine rings is 1. The van der Waals surface area contributed by atoms with Gasteiger partial charge >= 0.3 is 6.09 Å². The van der Waals surface area contributed by atoms with Gasteiger partial charge in [0.2, 0.25) is 5.88 Å². The lowest BCUT2D eigenvalue weighted by Crippen LogP contribution is -2.32. The molecule has 186 valence electrons. The fourth-order valence-electron chi connectivity index (χ4n) is 2.92. The lowest BCUT2D eigenvalue weighted by atomic mass is 10.1. The molecule has 0 aliphatic carbocycles. The third kappa shape index (κ3) is 10.2. The normalized spacial score (nSPS) is 11.0. The Labute approximate surface area is 205 Å². The van der Waals surface area contributed by atoms with Crippen LogP contribution in [0.2, 0.25) is 5.15 Å². The summed E-state index contributed by atoms with van der Waals surface area (Å²) in [6.45, 7) is 6.75. The zero-order valence-electron chi connectivity index (χ0n) is 20.1. The number of methoxy groups -OCH3 is 1. The van der Waals surface area contributed by atoms with Gasteiger partial charge in [-0.3, -0.25) is 4.79 Å². The van der Waals surface area contributed by atoms with Crippen LogP contribution >= 0.6 is 11.6 Å². The third-order valence-corrected chi connectivity index (χ3v) is 4.72. The lowest BCUT2D eigenvalue weighted by Gasteiger charge is -2.19. The molecule has 0 aromatic carbocycles. The van der Waals surface area contributed by atoms with Crippen molar-refractivity contribution in [2.75, 3.05) is 30.8 Å². The number of hydrogen-bond acceptors (Lipinski definition) is 8. The summed E-state index contributed by atoms with van der Waals surface area (Å²) in [5.41, 5.74) is -0.130. The highest BCUT2D eigenvalue weighted by atomic mass is 35.5. The molecular weight excluding hydrogens is 460 g/mol. The van der Waals surface area contributed by atoms with Crippen molar-refractivity contribution in [1.29, 1.82) is 0 Å². The zero-order valence-corrected chi connectivity index (χ0v) is 20.9. The van der Waals surface area contributed by atoms with Crippen molar-refractivity contribution < 1.29 is 19.1 Å². The smallest absolute Gasteiger partial charge is 0.407 e. The second-order valence-electron chi connectivity index (χ2n) is 8.57. The van der Waals surface area contributed by atoms with E-state index in [1.165, 1.54) is 7.11 Å². The van der Waals surface area contributed by atoms with Crippen molar-refractivity contribution in [3.63, 3.8) is 0 Å². The van der Waals surface area contributed by atoms with Crippen molar-refractivity contribution in [1.82, 2.24) is 20.5 Å². The van der Waals surface area contributed by atoms with Crippen LogP contribution < -0.4 is 20.7 Å². The van der Waals surface area contributed by atoms with Gasteiger partial charge < -0.3 is 25.4 Å². The van der Waals surface area contributed by atoms with E-state index >= 15 is 0 Å². The summed E-state index contributed by atoms with van der Waals surface area (Å²) in [6, 6.07) is 6.38. The largest absolute Gasteiger partial charge is 0.480 e. The summed E-state index contributed by atoms with van der Waals surface area (Å²) in [4.78, 5) is 28.5. The van der Waals surface area contributed by atoms with Gasteiger partial charge in [0.1, 0.15) is 16.6 Å². The standard InChI is InChI=1S/C23H33ClN6O4/c1-23(2,3)34-22(32)26-15-9-7-5-6-8-14-25-20-16(10-11-17(24)27-20)21(31)28-18-12-13-19(33-4)30-29-18/h10-13H,5-9,14-15H2,1-4H3,(H,25,27)(H,26,32)(H,28,29,31). The molecule has 0 aliphatic rings. The third-order valence-electron chi connectivity index (χ3n) is 4.51. The van der Waals surface area contributed by atoms with E-state index in [4.69, 9.17) is 21.1 Å². The van der Waals surface area contributed by atoms with Crippen molar-refractivity contribution in [3.8, 4) is 5.88 Å². The molecule has 2 aromatic rings. The molecule has 0 unspecified atom stereocenters. The van der Waals surface area contributed by atoms with Gasteiger partial charge in [-0.25, -0.2) is 9.78 Å². The summed E-state index contributed by atoms with van der Waals surface area (Å²) >= 11 is 6.03. The SMILES string of the molecule is COc1ccc(NC(=O)c2ccc(Cl)nc2NCCCCCCCNC(=O)OC(C)(C)C)nn1. The predicted molar refractivity (Wildman–Crippen MR) is 132 cm³/mol. The molecule has 34 heavy (non-hydrogen) atoms. The molecule has 3 N–H and O–H groups in total. The van der Waals surface area contributed by atoms with Crippen LogP contribution in [0.5, 0.6) is 5.88 Å². The van der Waals surface area contributed by atoms with Gasteiger partial charge in [-0.1, -0.05) is 30.9 Å². The average Bonchev–Trinajstić information content (AvgIpc) is 2.77. The molecule has 0 atom stereocenters. The minimum atomic E-state index is -0.487. The second kappa shape index (κ2) is 13.5. The van der Waals surface area contributed by atoms with Crippen molar-refractivity contribution in [2.45, 2.75) is 58.5 Å². The number of carbonyl (C=O) groups excluding carboxylic acids is 2. The Balaban J connectivity index is 1.71. The molecule has 10 nitrogen and oxygen atoms in total. The molecule has 11 heteroatoms. The summed E-state index contributed by atoms with van der Waals surface area (Å²) in [5, 5.41) is 16.7. The van der Waals surface area contributed by atoms with E-state index in [-0.39, 0.29) is 12.0 Å². The zero-order chi connectivity index (χ0) is 25.0. The maximum atomic E-state index is 12.7. The van der Waals surface area contributed by atoms with Crippen LogP contribution in [-0.2, 0) is 4.74 Å². The number of amides is 2. The number of halogens is 1. The molecule has 0 saturated heterocycles. The highest BCUT2D eigenvalue weighted by molar-refractivity contribution is 6.29. The van der Waals surface area contributed by atoms with Gasteiger partial charge in [-0.05, 0) is 51.8 Å². The van der Waals surface area contributed by atoms with Crippen molar-refractivity contribution in [3.05, 3.63) is 35.0 Å². The molecule has 2 aromatic heterocycles. The number of ether oxygens (including phenoxy) is 2. The quantitative estimate of drug-likeness (QED) is 0.288. The van der Waals surface area contributed by atoms with Gasteiger partial charge in [-0.2, -0.15) is 0 Å². The first-order valence-electron chi connectivity index (χ1n) is 11.2. The molecule has 0 bridgehead atoms. The first kappa shape index (κ1) is 27.1. The Kier molecular flexibility index (Phi) is 10.8. The molecular formula is C23H33ClN6O4. The minimum absolute atomic E-state index is 0.292. The Bertz CT molecular complexity index is 934. The van der Waals surface area contributed by atoms with E-state index in [2.05, 4.69) is 31.1 Å². The topological polar surface area (TPSA) is 127 Å². The van der Waals surface area contributed by atoms with Crippen LogP contribution in [0.1, 0.15) is 63.2 Å². The number of carbonyl (C=O) groups is 2. The number of rotatable bonds is 12. The second-order valence-corrected chi connectivity index (χ2v) is 8.96. The maximum absolute atomic E-state index is 12.7. The van der Waals surface area contributed by atoms with Crippen LogP contribution in [0.25, 0.3) is 0 Å². The molecule has 0 spiro atoms. The predicted octanol–water partition coefficient (Wildman–Crippen LogP) is 4.67. The Morgan fingerprint density at radius 2 is 1.68 bits per heavy atom. The molecule has 2 amide bonds. The summed E-state index contributed by atoms with van der Waals surface area (Å²) < 4.78 is 10.2. The Hall–Kier alpha value is -3.14. The number of anilines is 2. The number of alkyl carbamates (subject to hydrolysis) is 1. The highest BCUT2D eigenvalue weighted by Crippen LogP contribution is 2.19. The number of aromatic nitrogens is 3. The fraction of sp³-hybridized carbons (Fsp3) is 0.522. The van der Waals surface area contributed by atoms with Gasteiger partial charge in [0, 0.05) is 19.2 Å². The van der Waals surface area contributed by atoms with Crippen LogP contribution in [0, 0.1) is 0 Å². The van der Waals surface area contributed by atoms with Crippen molar-refractivity contribution >= 4 is 35.2 Å². The Morgan fingerprint density at radius 3 is 2.32 bits per heavy atom. The highest BCUT2D eigenvalue weighted by Gasteiger charge is 2.16. The fourth-order valence-corrected chi connectivity index (χ4v) is 3.07. The summed E-state index contributed by atoms with van der Waals surface area (Å²) in [7, 11) is 1.49. The average molecular weight is 493 g/mol. The molecule has 0 fully saturated rings. The lowest BCUT2D eigenvalue weighted by molar-refractivity contribution is 0.0526. The van der Waals surface area contributed by atoms with Gasteiger partial charge in [0.15, 0.2) is 5.82 Å². The molecule has 2 heterocycles. The van der Waals surface area contributed by atoms with Crippen LogP contribution in [0.4, 0.5) is 16.4 Å².